The van der Waals surface area contributed by atoms with Gasteiger partial charge in [0.25, 0.3) is 47.3 Å². The molecule has 45 heavy (non-hydrogen) atoms. The van der Waals surface area contributed by atoms with E-state index < -0.39 is 77.3 Å². The summed E-state index contributed by atoms with van der Waals surface area (Å²) in [5.41, 5.74) is 0. The molecule has 8 rings (SSSR count). The van der Waals surface area contributed by atoms with Crippen LogP contribution in [0.15, 0.2) is 48.6 Å². The van der Waals surface area contributed by atoms with E-state index in [1.807, 2.05) is 0 Å². The average molecular weight is 613 g/mol. The Labute approximate surface area is 258 Å². The van der Waals surface area contributed by atoms with Gasteiger partial charge in [-0.15, -0.1) is 0 Å². The van der Waals surface area contributed by atoms with Crippen molar-refractivity contribution < 1.29 is 38.4 Å². The second-order valence-corrected chi connectivity index (χ2v) is 13.6. The lowest BCUT2D eigenvalue weighted by Crippen LogP contribution is -2.63. The van der Waals surface area contributed by atoms with E-state index in [4.69, 9.17) is 0 Å². The molecule has 0 aromatic heterocycles. The summed E-state index contributed by atoms with van der Waals surface area (Å²) < 4.78 is 0. The number of carbonyl (C=O) groups excluding carboxylic acids is 8. The quantitative estimate of drug-likeness (QED) is 0.411. The minimum Gasteiger partial charge on any atom is -0.270 e. The normalized spacial score (nSPS) is 40.5. The summed E-state index contributed by atoms with van der Waals surface area (Å²) in [6.07, 6.45) is 15.7. The zero-order valence-corrected chi connectivity index (χ0v) is 24.4. The third-order valence-electron chi connectivity index (χ3n) is 11.9. The highest BCUT2D eigenvalue weighted by molar-refractivity contribution is 6.17. The molecule has 0 saturated heterocycles. The largest absolute Gasteiger partial charge is 0.270 e. The lowest BCUT2D eigenvalue weighted by molar-refractivity contribution is -0.153. The molecule has 4 fully saturated rings. The third-order valence-corrected chi connectivity index (χ3v) is 11.9. The maximum Gasteiger partial charge on any atom is 0.254 e. The number of imide groups is 4. The Kier molecular flexibility index (Phi) is 6.24. The van der Waals surface area contributed by atoms with Gasteiger partial charge in [-0.05, 0) is 61.7 Å². The first kappa shape index (κ1) is 28.0. The Bertz CT molecular complexity index is 1440. The van der Waals surface area contributed by atoms with E-state index in [0.29, 0.717) is 30.1 Å². The summed E-state index contributed by atoms with van der Waals surface area (Å²) in [5, 5.41) is 0. The van der Waals surface area contributed by atoms with Gasteiger partial charge in [-0.1, -0.05) is 12.8 Å². The number of amides is 8. The molecular weight excluding hydrogens is 580 g/mol. The molecule has 232 valence electrons. The molecule has 4 saturated carbocycles. The zero-order chi connectivity index (χ0) is 31.3. The van der Waals surface area contributed by atoms with Gasteiger partial charge in [-0.2, -0.15) is 0 Å². The average Bonchev–Trinajstić information content (AvgIpc) is 3.79. The minimum absolute atomic E-state index is 0.236. The van der Waals surface area contributed by atoms with Crippen molar-refractivity contribution in [3.63, 3.8) is 0 Å². The monoisotopic (exact) mass is 612 g/mol. The second-order valence-electron chi connectivity index (χ2n) is 13.6. The molecule has 8 amide bonds. The smallest absolute Gasteiger partial charge is 0.254 e. The van der Waals surface area contributed by atoms with E-state index in [9.17, 15) is 38.4 Å². The first-order valence-electron chi connectivity index (χ1n) is 15.9. The highest BCUT2D eigenvalue weighted by atomic mass is 16.2. The molecular formula is C33H32N4O8. The highest BCUT2D eigenvalue weighted by Gasteiger charge is 2.67. The van der Waals surface area contributed by atoms with E-state index >= 15 is 0 Å². The van der Waals surface area contributed by atoms with Gasteiger partial charge < -0.3 is 0 Å². The maximum atomic E-state index is 13.4. The van der Waals surface area contributed by atoms with E-state index in [2.05, 4.69) is 0 Å². The first-order chi connectivity index (χ1) is 21.7. The van der Waals surface area contributed by atoms with Gasteiger partial charge in [-0.3, -0.25) is 58.0 Å². The summed E-state index contributed by atoms with van der Waals surface area (Å²) in [6.45, 7) is 0. The molecule has 4 aliphatic heterocycles. The van der Waals surface area contributed by atoms with Crippen molar-refractivity contribution in [2.45, 2.75) is 69.1 Å². The standard InChI is InChI=1S/C33H32N4O8/c38-21-7-8-22(39)34(21)30-29(16-5-6-19-17-3-1-2-4-18(17)20(19)15-16)31(35-23(40)9-10-24(35)41)33(37-27(44)13-14-28(37)45)32(30)36-25(42)11-12-26(36)43/h7-14,16-20,29-33H,1-6,15H2/t16?,17-,18?,19?,20?,29?,30?,31?,32?,33?/m1/s1. The van der Waals surface area contributed by atoms with Crippen LogP contribution in [0.2, 0.25) is 0 Å². The number of hydrogen-bond donors (Lipinski definition) is 0. The van der Waals surface area contributed by atoms with Gasteiger partial charge in [-0.25, -0.2) is 0 Å². The molecule has 12 heteroatoms. The van der Waals surface area contributed by atoms with Gasteiger partial charge in [0.1, 0.15) is 0 Å². The van der Waals surface area contributed by atoms with Gasteiger partial charge in [0.05, 0.1) is 24.2 Å². The van der Waals surface area contributed by atoms with Crippen molar-refractivity contribution in [3.05, 3.63) is 48.6 Å². The van der Waals surface area contributed by atoms with Crippen LogP contribution in [-0.2, 0) is 38.4 Å². The molecule has 4 heterocycles. The Morgan fingerprint density at radius 2 is 0.689 bits per heavy atom. The Balaban J connectivity index is 1.31. The van der Waals surface area contributed by atoms with Crippen molar-refractivity contribution in [2.75, 3.05) is 0 Å². The van der Waals surface area contributed by atoms with Crippen LogP contribution in [-0.4, -0.2) is 91.0 Å². The van der Waals surface area contributed by atoms with Crippen molar-refractivity contribution >= 4 is 47.3 Å². The van der Waals surface area contributed by atoms with E-state index in [1.165, 1.54) is 12.8 Å². The number of carbonyl (C=O) groups is 8. The van der Waals surface area contributed by atoms with Crippen LogP contribution in [0.3, 0.4) is 0 Å². The molecule has 0 spiro atoms. The van der Waals surface area contributed by atoms with Crippen LogP contribution < -0.4 is 0 Å². The molecule has 9 atom stereocenters. The summed E-state index contributed by atoms with van der Waals surface area (Å²) in [6, 6.07) is -5.18. The van der Waals surface area contributed by atoms with Gasteiger partial charge in [0.15, 0.2) is 0 Å². The predicted octanol–water partition coefficient (Wildman–Crippen LogP) is 0.643. The second kappa shape index (κ2) is 10.0. The van der Waals surface area contributed by atoms with Gasteiger partial charge in [0, 0.05) is 54.5 Å². The summed E-state index contributed by atoms with van der Waals surface area (Å²) in [5.74, 6) is -4.44. The van der Waals surface area contributed by atoms with E-state index in [1.54, 1.807) is 0 Å². The fraction of sp³-hybridized carbons (Fsp3) is 0.515. The van der Waals surface area contributed by atoms with Gasteiger partial charge >= 0.3 is 0 Å². The molecule has 8 aliphatic rings. The molecule has 0 bridgehead atoms. The first-order valence-corrected chi connectivity index (χ1v) is 15.9. The summed E-state index contributed by atoms with van der Waals surface area (Å²) >= 11 is 0. The molecule has 0 aromatic carbocycles. The number of fused-ring (bicyclic) bond motifs is 4. The predicted molar refractivity (Wildman–Crippen MR) is 152 cm³/mol. The molecule has 0 aromatic rings. The lowest BCUT2D eigenvalue weighted by atomic mass is 9.46. The van der Waals surface area contributed by atoms with Crippen molar-refractivity contribution in [2.24, 2.45) is 35.5 Å². The SMILES string of the molecule is O=C1C=CC(=O)N1C1C(C2CCC3C(C2)C2CCCC[C@H]23)C(N2C(=O)C=CC2=O)C(N2C(=O)C=CC2=O)C1N1C(=O)C=CC1=O. The van der Waals surface area contributed by atoms with Gasteiger partial charge in [0.2, 0.25) is 0 Å². The molecule has 0 N–H and O–H groups in total. The number of hydrogen-bond acceptors (Lipinski definition) is 8. The summed E-state index contributed by atoms with van der Waals surface area (Å²) in [4.78, 5) is 111. The topological polar surface area (TPSA) is 150 Å². The molecule has 12 nitrogen and oxygen atoms in total. The highest BCUT2D eigenvalue weighted by Crippen LogP contribution is 2.62. The molecule has 0 radical (unpaired) electrons. The van der Waals surface area contributed by atoms with Crippen LogP contribution in [0, 0.1) is 35.5 Å². The van der Waals surface area contributed by atoms with Crippen molar-refractivity contribution in [1.82, 2.24) is 19.6 Å². The Morgan fingerprint density at radius 1 is 0.378 bits per heavy atom. The fourth-order valence-corrected chi connectivity index (χ4v) is 10.4. The van der Waals surface area contributed by atoms with Crippen molar-refractivity contribution in [1.29, 1.82) is 0 Å². The fourth-order valence-electron chi connectivity index (χ4n) is 10.4. The Morgan fingerprint density at radius 3 is 1.07 bits per heavy atom. The third kappa shape index (κ3) is 3.89. The lowest BCUT2D eigenvalue weighted by Gasteiger charge is -2.60. The number of nitrogens with zero attached hydrogens (tertiary/aromatic N) is 4. The van der Waals surface area contributed by atoms with Crippen LogP contribution in [0.25, 0.3) is 0 Å². The van der Waals surface area contributed by atoms with Crippen LogP contribution >= 0.6 is 0 Å². The molecule has 4 aliphatic carbocycles. The summed E-state index contributed by atoms with van der Waals surface area (Å²) in [7, 11) is 0. The minimum atomic E-state index is -1.39. The van der Waals surface area contributed by atoms with Crippen molar-refractivity contribution in [3.8, 4) is 0 Å². The number of rotatable bonds is 5. The van der Waals surface area contributed by atoms with Crippen LogP contribution in [0.1, 0.15) is 44.9 Å². The van der Waals surface area contributed by atoms with E-state index in [0.717, 1.165) is 93.9 Å². The van der Waals surface area contributed by atoms with Crippen LogP contribution in [0.5, 0.6) is 0 Å². The van der Waals surface area contributed by atoms with Crippen LogP contribution in [0.4, 0.5) is 0 Å². The zero-order valence-electron chi connectivity index (χ0n) is 24.4. The Hall–Kier alpha value is -4.48. The maximum absolute atomic E-state index is 13.4. The molecule has 8 unspecified atom stereocenters. The van der Waals surface area contributed by atoms with E-state index in [-0.39, 0.29) is 5.92 Å².